The Balaban J connectivity index is 1.51. The second-order valence-electron chi connectivity index (χ2n) is 6.01. The van der Waals surface area contributed by atoms with Gasteiger partial charge in [0.1, 0.15) is 6.10 Å². The molecule has 1 amide bonds. The quantitative estimate of drug-likeness (QED) is 0.926. The van der Waals surface area contributed by atoms with E-state index >= 15 is 0 Å². The molecule has 1 N–H and O–H groups in total. The zero-order chi connectivity index (χ0) is 14.1. The topological polar surface area (TPSA) is 40.5 Å². The number of aliphatic hydroxyl groups is 1. The van der Waals surface area contributed by atoms with Crippen LogP contribution in [0.1, 0.15) is 24.8 Å². The van der Waals surface area contributed by atoms with Gasteiger partial charge in [-0.15, -0.1) is 0 Å². The number of hydrogen-bond acceptors (Lipinski definition) is 2. The van der Waals surface area contributed by atoms with Gasteiger partial charge in [-0.2, -0.15) is 0 Å². The number of likely N-dealkylation sites (tertiary alicyclic amines) is 1. The first kappa shape index (κ1) is 13.9. The summed E-state index contributed by atoms with van der Waals surface area (Å²) >= 11 is 6.06. The molecule has 1 saturated heterocycles. The number of rotatable bonds is 4. The van der Waals surface area contributed by atoms with Crippen molar-refractivity contribution in [3.05, 3.63) is 34.9 Å². The molecule has 1 aliphatic heterocycles. The lowest BCUT2D eigenvalue weighted by atomic mass is 9.72. The zero-order valence-corrected chi connectivity index (χ0v) is 12.2. The molecule has 1 heterocycles. The minimum Gasteiger partial charge on any atom is -0.383 e. The lowest BCUT2D eigenvalue weighted by Gasteiger charge is -2.47. The molecular formula is C16H20ClNO2. The smallest absolute Gasteiger partial charge is 0.251 e. The van der Waals surface area contributed by atoms with Gasteiger partial charge in [-0.1, -0.05) is 49.1 Å². The molecule has 2 fully saturated rings. The highest BCUT2D eigenvalue weighted by Gasteiger charge is 2.39. The second kappa shape index (κ2) is 5.74. The predicted molar refractivity (Wildman–Crippen MR) is 78.6 cm³/mol. The van der Waals surface area contributed by atoms with Crippen molar-refractivity contribution >= 4 is 17.5 Å². The van der Waals surface area contributed by atoms with Crippen LogP contribution in [0.25, 0.3) is 0 Å². The van der Waals surface area contributed by atoms with Crippen LogP contribution >= 0.6 is 11.6 Å². The summed E-state index contributed by atoms with van der Waals surface area (Å²) in [5.41, 5.74) is 0.825. The summed E-state index contributed by atoms with van der Waals surface area (Å²) in [7, 11) is 0. The molecule has 0 radical (unpaired) electrons. The Morgan fingerprint density at radius 2 is 2.00 bits per heavy atom. The van der Waals surface area contributed by atoms with Crippen molar-refractivity contribution in [2.75, 3.05) is 13.1 Å². The van der Waals surface area contributed by atoms with Gasteiger partial charge < -0.3 is 10.0 Å². The number of aliphatic hydroxyl groups excluding tert-OH is 1. The Morgan fingerprint density at radius 1 is 1.30 bits per heavy atom. The molecule has 1 unspecified atom stereocenters. The lowest BCUT2D eigenvalue weighted by molar-refractivity contribution is -0.149. The van der Waals surface area contributed by atoms with Crippen LogP contribution in [0.4, 0.5) is 0 Å². The highest BCUT2D eigenvalue weighted by Crippen LogP contribution is 2.38. The number of hydrogen-bond donors (Lipinski definition) is 1. The van der Waals surface area contributed by atoms with E-state index in [1.807, 2.05) is 18.2 Å². The Labute approximate surface area is 124 Å². The maximum Gasteiger partial charge on any atom is 0.251 e. The number of amides is 1. The van der Waals surface area contributed by atoms with Crippen molar-refractivity contribution in [1.29, 1.82) is 0 Å². The highest BCUT2D eigenvalue weighted by molar-refractivity contribution is 6.31. The van der Waals surface area contributed by atoms with E-state index < -0.39 is 6.10 Å². The summed E-state index contributed by atoms with van der Waals surface area (Å²) in [5, 5.41) is 10.7. The maximum atomic E-state index is 12.1. The summed E-state index contributed by atoms with van der Waals surface area (Å²) in [4.78, 5) is 13.9. The Morgan fingerprint density at radius 3 is 2.60 bits per heavy atom. The Hall–Kier alpha value is -1.06. The molecule has 0 bridgehead atoms. The van der Waals surface area contributed by atoms with Crippen molar-refractivity contribution in [2.45, 2.75) is 31.8 Å². The fourth-order valence-corrected chi connectivity index (χ4v) is 3.29. The molecule has 3 rings (SSSR count). The molecule has 2 aliphatic rings. The summed E-state index contributed by atoms with van der Waals surface area (Å²) in [6.07, 6.45) is 3.29. The molecule has 0 aromatic heterocycles. The van der Waals surface area contributed by atoms with Crippen LogP contribution in [0.15, 0.2) is 24.3 Å². The second-order valence-corrected chi connectivity index (χ2v) is 6.41. The molecule has 1 aromatic rings. The average Bonchev–Trinajstić information content (AvgIpc) is 2.32. The number of carbonyl (C=O) groups excluding carboxylic acids is 1. The van der Waals surface area contributed by atoms with Crippen LogP contribution in [-0.4, -0.2) is 35.1 Å². The first-order valence-corrected chi connectivity index (χ1v) is 7.73. The maximum absolute atomic E-state index is 12.1. The summed E-state index contributed by atoms with van der Waals surface area (Å²) < 4.78 is 0. The van der Waals surface area contributed by atoms with E-state index in [1.54, 1.807) is 11.0 Å². The number of benzene rings is 1. The van der Waals surface area contributed by atoms with Gasteiger partial charge in [0.2, 0.25) is 0 Å². The number of halogens is 1. The first-order chi connectivity index (χ1) is 9.65. The summed E-state index contributed by atoms with van der Waals surface area (Å²) in [6, 6.07) is 7.35. The third kappa shape index (κ3) is 2.70. The third-order valence-corrected chi connectivity index (χ3v) is 5.06. The van der Waals surface area contributed by atoms with Crippen molar-refractivity contribution in [3.63, 3.8) is 0 Å². The minimum absolute atomic E-state index is 0.152. The molecule has 0 spiro atoms. The number of carbonyl (C=O) groups is 1. The van der Waals surface area contributed by atoms with Crippen LogP contribution in [0, 0.1) is 11.8 Å². The fourth-order valence-electron chi connectivity index (χ4n) is 3.07. The van der Waals surface area contributed by atoms with Crippen molar-refractivity contribution < 1.29 is 9.90 Å². The van der Waals surface area contributed by atoms with Crippen molar-refractivity contribution in [2.24, 2.45) is 11.8 Å². The van der Waals surface area contributed by atoms with E-state index in [-0.39, 0.29) is 5.91 Å². The fraction of sp³-hybridized carbons (Fsp3) is 0.562. The zero-order valence-electron chi connectivity index (χ0n) is 11.5. The molecule has 20 heavy (non-hydrogen) atoms. The van der Waals surface area contributed by atoms with E-state index in [2.05, 4.69) is 0 Å². The molecular weight excluding hydrogens is 274 g/mol. The summed E-state index contributed by atoms with van der Waals surface area (Å²) in [6.45, 7) is 1.65. The normalized spacial score (nSPS) is 21.2. The van der Waals surface area contributed by atoms with Crippen molar-refractivity contribution in [3.8, 4) is 0 Å². The van der Waals surface area contributed by atoms with Gasteiger partial charge >= 0.3 is 0 Å². The van der Waals surface area contributed by atoms with Crippen LogP contribution in [-0.2, 0) is 11.2 Å². The van der Waals surface area contributed by atoms with Gasteiger partial charge in [-0.25, -0.2) is 0 Å². The lowest BCUT2D eigenvalue weighted by Crippen LogP contribution is -2.56. The molecule has 1 saturated carbocycles. The highest BCUT2D eigenvalue weighted by atomic mass is 35.5. The van der Waals surface area contributed by atoms with Gasteiger partial charge in [0.25, 0.3) is 5.91 Å². The largest absolute Gasteiger partial charge is 0.383 e. The molecule has 1 aromatic carbocycles. The standard InChI is InChI=1S/C16H20ClNO2/c17-14-7-2-1-4-12(14)8-15(19)16(20)18-9-13(10-18)11-5-3-6-11/h1-2,4,7,11,13,15,19H,3,5-6,8-10H2. The Kier molecular flexibility index (Phi) is 3.99. The van der Waals surface area contributed by atoms with Crippen LogP contribution in [0.2, 0.25) is 5.02 Å². The van der Waals surface area contributed by atoms with Crippen LogP contribution < -0.4 is 0 Å². The van der Waals surface area contributed by atoms with E-state index in [0.29, 0.717) is 17.4 Å². The van der Waals surface area contributed by atoms with Gasteiger partial charge in [-0.05, 0) is 23.5 Å². The molecule has 1 atom stereocenters. The van der Waals surface area contributed by atoms with Gasteiger partial charge in [-0.3, -0.25) is 4.79 Å². The third-order valence-electron chi connectivity index (χ3n) is 4.69. The Bertz CT molecular complexity index is 495. The van der Waals surface area contributed by atoms with Crippen LogP contribution in [0.3, 0.4) is 0 Å². The molecule has 1 aliphatic carbocycles. The van der Waals surface area contributed by atoms with Gasteiger partial charge in [0.15, 0.2) is 0 Å². The van der Waals surface area contributed by atoms with E-state index in [9.17, 15) is 9.90 Å². The van der Waals surface area contributed by atoms with E-state index in [4.69, 9.17) is 11.6 Å². The number of nitrogens with zero attached hydrogens (tertiary/aromatic N) is 1. The van der Waals surface area contributed by atoms with Gasteiger partial charge in [0, 0.05) is 24.5 Å². The van der Waals surface area contributed by atoms with E-state index in [1.165, 1.54) is 19.3 Å². The van der Waals surface area contributed by atoms with Gasteiger partial charge in [0.05, 0.1) is 0 Å². The molecule has 3 nitrogen and oxygen atoms in total. The molecule has 4 heteroatoms. The SMILES string of the molecule is O=C(C(O)Cc1ccccc1Cl)N1CC(C2CCC2)C1. The summed E-state index contributed by atoms with van der Waals surface area (Å²) in [5.74, 6) is 1.33. The molecule has 108 valence electrons. The van der Waals surface area contributed by atoms with Crippen LogP contribution in [0.5, 0.6) is 0 Å². The average molecular weight is 294 g/mol. The predicted octanol–water partition coefficient (Wildman–Crippen LogP) is 2.50. The first-order valence-electron chi connectivity index (χ1n) is 7.35. The minimum atomic E-state index is -0.975. The van der Waals surface area contributed by atoms with Crippen molar-refractivity contribution in [1.82, 2.24) is 4.90 Å². The van der Waals surface area contributed by atoms with E-state index in [0.717, 1.165) is 24.6 Å². The monoisotopic (exact) mass is 293 g/mol.